The molecule has 16 heavy (non-hydrogen) atoms. The highest BCUT2D eigenvalue weighted by atomic mass is 31.1. The van der Waals surface area contributed by atoms with Crippen molar-refractivity contribution in [3.05, 3.63) is 0 Å². The Kier molecular flexibility index (Phi) is 5.58. The first-order chi connectivity index (χ1) is 6.94. The van der Waals surface area contributed by atoms with Gasteiger partial charge >= 0.3 is 8.25 Å². The summed E-state index contributed by atoms with van der Waals surface area (Å²) in [6.45, 7) is 16.1. The van der Waals surface area contributed by atoms with E-state index in [2.05, 4.69) is 0 Å². The quantitative estimate of drug-likeness (QED) is 0.686. The molecular formula is C12H26O3P+. The summed E-state index contributed by atoms with van der Waals surface area (Å²) in [7, 11) is -2.04. The fraction of sp³-hybridized carbons (Fsp3) is 1.00. The lowest BCUT2D eigenvalue weighted by molar-refractivity contribution is 0.0501. The highest BCUT2D eigenvalue weighted by molar-refractivity contribution is 7.33. The Balaban J connectivity index is 4.21. The minimum atomic E-state index is -2.04. The number of rotatable bonds is 4. The SMILES string of the molecule is CC(O[P+](=O)OC(C)C(C)(C)C)C(C)(C)C. The molecule has 0 fully saturated rings. The van der Waals surface area contributed by atoms with Crippen LogP contribution in [0.3, 0.4) is 0 Å². The largest absolute Gasteiger partial charge is 0.697 e. The molecule has 0 amide bonds. The highest BCUT2D eigenvalue weighted by Gasteiger charge is 2.36. The molecule has 0 aliphatic heterocycles. The van der Waals surface area contributed by atoms with Gasteiger partial charge in [-0.1, -0.05) is 41.5 Å². The molecule has 0 spiro atoms. The van der Waals surface area contributed by atoms with Crippen LogP contribution in [0.5, 0.6) is 0 Å². The Bertz CT molecular complexity index is 214. The van der Waals surface area contributed by atoms with Crippen molar-refractivity contribution in [1.29, 1.82) is 0 Å². The zero-order valence-corrected chi connectivity index (χ0v) is 12.7. The van der Waals surface area contributed by atoms with Gasteiger partial charge in [-0.25, -0.2) is 0 Å². The van der Waals surface area contributed by atoms with E-state index >= 15 is 0 Å². The van der Waals surface area contributed by atoms with Gasteiger partial charge in [-0.3, -0.25) is 0 Å². The molecule has 0 aromatic carbocycles. The molecule has 4 heteroatoms. The lowest BCUT2D eigenvalue weighted by atomic mass is 9.91. The van der Waals surface area contributed by atoms with Crippen molar-refractivity contribution in [3.63, 3.8) is 0 Å². The van der Waals surface area contributed by atoms with E-state index in [9.17, 15) is 4.57 Å². The van der Waals surface area contributed by atoms with E-state index in [0.29, 0.717) is 0 Å². The van der Waals surface area contributed by atoms with Crippen molar-refractivity contribution < 1.29 is 13.6 Å². The lowest BCUT2D eigenvalue weighted by Gasteiger charge is -2.23. The van der Waals surface area contributed by atoms with Gasteiger partial charge in [-0.15, -0.1) is 9.05 Å². The van der Waals surface area contributed by atoms with Gasteiger partial charge in [0, 0.05) is 4.57 Å². The molecule has 0 aromatic rings. The Morgan fingerprint density at radius 2 is 1.06 bits per heavy atom. The smallest absolute Gasteiger partial charge is 0.115 e. The van der Waals surface area contributed by atoms with Crippen molar-refractivity contribution >= 4 is 8.25 Å². The van der Waals surface area contributed by atoms with E-state index in [-0.39, 0.29) is 23.0 Å². The van der Waals surface area contributed by atoms with Gasteiger partial charge in [0.05, 0.1) is 0 Å². The molecule has 0 saturated heterocycles. The molecule has 0 N–H and O–H groups in total. The first-order valence-electron chi connectivity index (χ1n) is 5.75. The molecule has 0 heterocycles. The van der Waals surface area contributed by atoms with E-state index in [0.717, 1.165) is 0 Å². The molecular weight excluding hydrogens is 223 g/mol. The zero-order valence-electron chi connectivity index (χ0n) is 11.8. The summed E-state index contributed by atoms with van der Waals surface area (Å²) in [5, 5.41) is 0. The van der Waals surface area contributed by atoms with Gasteiger partial charge in [0.15, 0.2) is 0 Å². The van der Waals surface area contributed by atoms with Crippen LogP contribution in [-0.4, -0.2) is 12.2 Å². The monoisotopic (exact) mass is 249 g/mol. The molecule has 0 aliphatic carbocycles. The predicted octanol–water partition coefficient (Wildman–Crippen LogP) is 4.55. The average Bonchev–Trinajstić information content (AvgIpc) is 1.99. The van der Waals surface area contributed by atoms with Crippen molar-refractivity contribution in [2.75, 3.05) is 0 Å². The molecule has 0 bridgehead atoms. The van der Waals surface area contributed by atoms with Crippen LogP contribution in [0.4, 0.5) is 0 Å². The van der Waals surface area contributed by atoms with Crippen LogP contribution >= 0.6 is 8.25 Å². The van der Waals surface area contributed by atoms with E-state index in [1.807, 2.05) is 55.4 Å². The Labute approximate surface area is 101 Å². The fourth-order valence-electron chi connectivity index (χ4n) is 0.599. The maximum absolute atomic E-state index is 11.7. The van der Waals surface area contributed by atoms with Crippen LogP contribution in [0, 0.1) is 10.8 Å². The molecule has 96 valence electrons. The molecule has 0 aromatic heterocycles. The number of hydrogen-bond acceptors (Lipinski definition) is 3. The van der Waals surface area contributed by atoms with E-state index in [1.165, 1.54) is 0 Å². The summed E-state index contributed by atoms with van der Waals surface area (Å²) >= 11 is 0. The van der Waals surface area contributed by atoms with Gasteiger partial charge in [0.25, 0.3) is 0 Å². The standard InChI is InChI=1S/C12H26O3P/c1-9(11(3,4)5)14-16(13)15-10(2)12(6,7)8/h9-10H,1-8H3/q+1. The van der Waals surface area contributed by atoms with Crippen LogP contribution in [0.2, 0.25) is 0 Å². The van der Waals surface area contributed by atoms with Gasteiger partial charge in [0.2, 0.25) is 0 Å². The fourth-order valence-corrected chi connectivity index (χ4v) is 1.80. The first-order valence-corrected chi connectivity index (χ1v) is 6.85. The van der Waals surface area contributed by atoms with Crippen molar-refractivity contribution in [1.82, 2.24) is 0 Å². The van der Waals surface area contributed by atoms with E-state index in [4.69, 9.17) is 9.05 Å². The second kappa shape index (κ2) is 5.57. The summed E-state index contributed by atoms with van der Waals surface area (Å²) in [5.41, 5.74) is -0.0569. The van der Waals surface area contributed by atoms with E-state index in [1.54, 1.807) is 0 Å². The van der Waals surface area contributed by atoms with Crippen LogP contribution in [0.15, 0.2) is 0 Å². The molecule has 0 saturated carbocycles. The summed E-state index contributed by atoms with van der Waals surface area (Å²) in [4.78, 5) is 0. The molecule has 0 rings (SSSR count). The molecule has 0 aliphatic rings. The summed E-state index contributed by atoms with van der Waals surface area (Å²) < 4.78 is 22.4. The van der Waals surface area contributed by atoms with Gasteiger partial charge < -0.3 is 0 Å². The summed E-state index contributed by atoms with van der Waals surface area (Å²) in [6.07, 6.45) is -0.188. The minimum absolute atomic E-state index is 0.0284. The summed E-state index contributed by atoms with van der Waals surface area (Å²) in [6, 6.07) is 0. The Morgan fingerprint density at radius 1 is 0.812 bits per heavy atom. The van der Waals surface area contributed by atoms with Crippen molar-refractivity contribution in [2.24, 2.45) is 10.8 Å². The maximum Gasteiger partial charge on any atom is 0.697 e. The van der Waals surface area contributed by atoms with Gasteiger partial charge in [0.1, 0.15) is 12.2 Å². The van der Waals surface area contributed by atoms with E-state index < -0.39 is 8.25 Å². The third-order valence-corrected chi connectivity index (χ3v) is 3.90. The Hall–Kier alpha value is 0.0200. The highest BCUT2D eigenvalue weighted by Crippen LogP contribution is 2.37. The van der Waals surface area contributed by atoms with Crippen LogP contribution < -0.4 is 0 Å². The normalized spacial score (nSPS) is 18.1. The molecule has 2 unspecified atom stereocenters. The second-order valence-electron chi connectivity index (χ2n) is 6.45. The maximum atomic E-state index is 11.7. The third kappa shape index (κ3) is 5.93. The molecule has 3 nitrogen and oxygen atoms in total. The van der Waals surface area contributed by atoms with Crippen molar-refractivity contribution in [3.8, 4) is 0 Å². The predicted molar refractivity (Wildman–Crippen MR) is 67.6 cm³/mol. The van der Waals surface area contributed by atoms with Crippen LogP contribution in [0.1, 0.15) is 55.4 Å². The Morgan fingerprint density at radius 3 is 1.25 bits per heavy atom. The van der Waals surface area contributed by atoms with Gasteiger partial charge in [-0.2, -0.15) is 0 Å². The molecule has 0 radical (unpaired) electrons. The van der Waals surface area contributed by atoms with Gasteiger partial charge in [-0.05, 0) is 24.7 Å². The third-order valence-electron chi connectivity index (χ3n) is 2.93. The molecule has 2 atom stereocenters. The minimum Gasteiger partial charge on any atom is -0.115 e. The zero-order chi connectivity index (χ0) is 13.1. The first kappa shape index (κ1) is 16.0. The second-order valence-corrected chi connectivity index (χ2v) is 7.32. The topological polar surface area (TPSA) is 35.5 Å². The van der Waals surface area contributed by atoms with Crippen LogP contribution in [-0.2, 0) is 13.6 Å². The number of hydrogen-bond donors (Lipinski definition) is 0. The van der Waals surface area contributed by atoms with Crippen molar-refractivity contribution in [2.45, 2.75) is 67.6 Å². The van der Waals surface area contributed by atoms with Crippen LogP contribution in [0.25, 0.3) is 0 Å². The lowest BCUT2D eigenvalue weighted by Crippen LogP contribution is -2.26. The average molecular weight is 249 g/mol. The summed E-state index contributed by atoms with van der Waals surface area (Å²) in [5.74, 6) is 0.